The molecule has 1 N–H and O–H groups in total. The summed E-state index contributed by atoms with van der Waals surface area (Å²) in [4.78, 5) is 12.0. The number of rotatable bonds is 3. The van der Waals surface area contributed by atoms with E-state index in [1.165, 1.54) is 10.2 Å². The van der Waals surface area contributed by atoms with E-state index in [2.05, 4.69) is 39.9 Å². The summed E-state index contributed by atoms with van der Waals surface area (Å²) in [6.45, 7) is 0. The quantitative estimate of drug-likeness (QED) is 0.875. The van der Waals surface area contributed by atoms with Gasteiger partial charge in [-0.2, -0.15) is 10.2 Å². The number of nitrogens with one attached hydrogen (secondary N) is 1. The molecule has 5 nitrogen and oxygen atoms in total. The van der Waals surface area contributed by atoms with Crippen molar-refractivity contribution in [1.82, 2.24) is 15.2 Å². The van der Waals surface area contributed by atoms with Crippen LogP contribution in [0.2, 0.25) is 5.02 Å². The second-order valence-corrected chi connectivity index (χ2v) is 6.21. The van der Waals surface area contributed by atoms with E-state index in [0.717, 1.165) is 31.4 Å². The Morgan fingerprint density at radius 3 is 2.61 bits per heavy atom. The van der Waals surface area contributed by atoms with Crippen LogP contribution in [-0.4, -0.2) is 21.4 Å². The Bertz CT molecular complexity index is 713. The number of aryl methyl sites for hydroxylation is 1. The van der Waals surface area contributed by atoms with Crippen LogP contribution in [0, 0.1) is 0 Å². The molecule has 1 aromatic carbocycles. The van der Waals surface area contributed by atoms with E-state index >= 15 is 0 Å². The van der Waals surface area contributed by atoms with E-state index in [-0.39, 0.29) is 11.6 Å². The Morgan fingerprint density at radius 2 is 2.00 bits per heavy atom. The van der Waals surface area contributed by atoms with Crippen molar-refractivity contribution in [3.05, 3.63) is 52.8 Å². The van der Waals surface area contributed by atoms with Crippen molar-refractivity contribution < 1.29 is 4.79 Å². The fourth-order valence-electron chi connectivity index (χ4n) is 2.92. The number of aromatic nitrogens is 2. The highest BCUT2D eigenvalue weighted by Gasteiger charge is 2.20. The van der Waals surface area contributed by atoms with E-state index in [9.17, 15) is 4.79 Å². The maximum Gasteiger partial charge on any atom is 0.293 e. The number of nitrogens with zero attached hydrogens (tertiary/aromatic N) is 3. The number of hydrogen-bond acceptors (Lipinski definition) is 3. The molecule has 0 bridgehead atoms. The van der Waals surface area contributed by atoms with Gasteiger partial charge in [0.05, 0.1) is 5.02 Å². The van der Waals surface area contributed by atoms with Crippen LogP contribution in [0.25, 0.3) is 0 Å². The summed E-state index contributed by atoms with van der Waals surface area (Å²) in [7, 11) is 1.72. The van der Waals surface area contributed by atoms with Crippen LogP contribution in [0.5, 0.6) is 0 Å². The molecule has 0 unspecified atom stereocenters. The second-order valence-electron chi connectivity index (χ2n) is 5.80. The molecule has 6 heteroatoms. The number of hydrogen-bond donors (Lipinski definition) is 1. The van der Waals surface area contributed by atoms with Crippen molar-refractivity contribution in [2.24, 2.45) is 12.1 Å². The van der Waals surface area contributed by atoms with Gasteiger partial charge in [-0.3, -0.25) is 9.48 Å². The minimum Gasteiger partial charge on any atom is -0.273 e. The van der Waals surface area contributed by atoms with E-state index < -0.39 is 0 Å². The summed E-state index contributed by atoms with van der Waals surface area (Å²) in [5.41, 5.74) is 5.18. The number of benzene rings is 1. The van der Waals surface area contributed by atoms with Gasteiger partial charge < -0.3 is 0 Å². The van der Waals surface area contributed by atoms with Gasteiger partial charge in [-0.1, -0.05) is 41.9 Å². The van der Waals surface area contributed by atoms with Crippen LogP contribution < -0.4 is 5.43 Å². The summed E-state index contributed by atoms with van der Waals surface area (Å²) in [5.74, 6) is 0.212. The first-order valence-electron chi connectivity index (χ1n) is 7.73. The first kappa shape index (κ1) is 15.7. The second kappa shape index (κ2) is 6.96. The van der Waals surface area contributed by atoms with Crippen molar-refractivity contribution in [2.45, 2.75) is 31.6 Å². The van der Waals surface area contributed by atoms with Gasteiger partial charge in [-0.25, -0.2) is 5.43 Å². The Labute approximate surface area is 140 Å². The molecular formula is C17H19ClN4O. The molecule has 1 aromatic heterocycles. The van der Waals surface area contributed by atoms with E-state index in [1.54, 1.807) is 13.2 Å². The van der Waals surface area contributed by atoms with Gasteiger partial charge in [0.15, 0.2) is 5.69 Å². The van der Waals surface area contributed by atoms with E-state index in [0.29, 0.717) is 10.9 Å². The summed E-state index contributed by atoms with van der Waals surface area (Å²) < 4.78 is 1.51. The lowest BCUT2D eigenvalue weighted by molar-refractivity contribution is 0.0949. The van der Waals surface area contributed by atoms with Crippen molar-refractivity contribution in [2.75, 3.05) is 0 Å². The fraction of sp³-hybridized carbons (Fsp3) is 0.353. The Balaban J connectivity index is 1.56. The molecule has 1 saturated carbocycles. The lowest BCUT2D eigenvalue weighted by atomic mass is 9.83. The molecule has 0 saturated heterocycles. The van der Waals surface area contributed by atoms with Crippen LogP contribution in [-0.2, 0) is 7.05 Å². The smallest absolute Gasteiger partial charge is 0.273 e. The number of carbonyl (C=O) groups is 1. The third kappa shape index (κ3) is 3.79. The number of amides is 1. The van der Waals surface area contributed by atoms with Gasteiger partial charge in [-0.15, -0.1) is 0 Å². The van der Waals surface area contributed by atoms with Crippen LogP contribution >= 0.6 is 11.6 Å². The molecule has 1 heterocycles. The normalized spacial score (nSPS) is 17.8. The molecule has 0 aliphatic heterocycles. The van der Waals surface area contributed by atoms with Gasteiger partial charge in [0, 0.05) is 19.0 Å². The molecular weight excluding hydrogens is 312 g/mol. The standard InChI is InChI=1S/C17H19ClN4O/c1-22-11-15(18)16(21-22)17(23)20-19-14-9-7-13(8-10-14)12-5-3-2-4-6-12/h2-6,11,13H,7-10H2,1H3,(H,20,23). The molecule has 1 aliphatic carbocycles. The summed E-state index contributed by atoms with van der Waals surface area (Å²) in [6, 6.07) is 10.6. The first-order chi connectivity index (χ1) is 11.1. The molecule has 0 radical (unpaired) electrons. The Morgan fingerprint density at radius 1 is 1.30 bits per heavy atom. The first-order valence-corrected chi connectivity index (χ1v) is 8.11. The highest BCUT2D eigenvalue weighted by atomic mass is 35.5. The van der Waals surface area contributed by atoms with Gasteiger partial charge in [0.2, 0.25) is 0 Å². The van der Waals surface area contributed by atoms with Gasteiger partial charge in [0.25, 0.3) is 5.91 Å². The van der Waals surface area contributed by atoms with Crippen LogP contribution in [0.4, 0.5) is 0 Å². The van der Waals surface area contributed by atoms with Gasteiger partial charge in [-0.05, 0) is 37.2 Å². The van der Waals surface area contributed by atoms with Crippen LogP contribution in [0.15, 0.2) is 41.6 Å². The van der Waals surface area contributed by atoms with Gasteiger partial charge in [0.1, 0.15) is 0 Å². The Kier molecular flexibility index (Phi) is 4.76. The molecule has 1 amide bonds. The summed E-state index contributed by atoms with van der Waals surface area (Å²) in [6.07, 6.45) is 5.51. The maximum absolute atomic E-state index is 12.0. The highest BCUT2D eigenvalue weighted by molar-refractivity contribution is 6.33. The predicted molar refractivity (Wildman–Crippen MR) is 90.8 cm³/mol. The van der Waals surface area contributed by atoms with Crippen molar-refractivity contribution in [3.8, 4) is 0 Å². The molecule has 1 aliphatic rings. The molecule has 2 aromatic rings. The summed E-state index contributed by atoms with van der Waals surface area (Å²) >= 11 is 5.96. The average Bonchev–Trinajstić information content (AvgIpc) is 2.92. The van der Waals surface area contributed by atoms with E-state index in [4.69, 9.17) is 11.6 Å². The number of carbonyl (C=O) groups excluding carboxylic acids is 1. The molecule has 120 valence electrons. The zero-order valence-corrected chi connectivity index (χ0v) is 13.8. The largest absolute Gasteiger partial charge is 0.293 e. The maximum atomic E-state index is 12.0. The molecule has 23 heavy (non-hydrogen) atoms. The molecule has 0 spiro atoms. The lowest BCUT2D eigenvalue weighted by Gasteiger charge is -2.23. The average molecular weight is 331 g/mol. The predicted octanol–water partition coefficient (Wildman–Crippen LogP) is 3.52. The summed E-state index contributed by atoms with van der Waals surface area (Å²) in [5, 5.41) is 8.61. The van der Waals surface area contributed by atoms with Crippen molar-refractivity contribution >= 4 is 23.2 Å². The van der Waals surface area contributed by atoms with Gasteiger partial charge >= 0.3 is 0 Å². The topological polar surface area (TPSA) is 59.3 Å². The molecule has 3 rings (SSSR count). The number of hydrazone groups is 1. The molecule has 0 atom stereocenters. The third-order valence-corrected chi connectivity index (χ3v) is 4.43. The SMILES string of the molecule is Cn1cc(Cl)c(C(=O)NN=C2CCC(c3ccccc3)CC2)n1. The highest BCUT2D eigenvalue weighted by Crippen LogP contribution is 2.31. The zero-order chi connectivity index (χ0) is 16.2. The van der Waals surface area contributed by atoms with Crippen LogP contribution in [0.3, 0.4) is 0 Å². The number of halogens is 1. The monoisotopic (exact) mass is 330 g/mol. The third-order valence-electron chi connectivity index (χ3n) is 4.15. The van der Waals surface area contributed by atoms with Crippen molar-refractivity contribution in [1.29, 1.82) is 0 Å². The zero-order valence-electron chi connectivity index (χ0n) is 13.0. The minimum atomic E-state index is -0.367. The fourth-order valence-corrected chi connectivity index (χ4v) is 3.18. The minimum absolute atomic E-state index is 0.205. The van der Waals surface area contributed by atoms with E-state index in [1.807, 2.05) is 6.07 Å². The Hall–Kier alpha value is -2.14. The molecule has 1 fully saturated rings. The van der Waals surface area contributed by atoms with Crippen molar-refractivity contribution in [3.63, 3.8) is 0 Å². The lowest BCUT2D eigenvalue weighted by Crippen LogP contribution is -2.22. The van der Waals surface area contributed by atoms with Crippen LogP contribution in [0.1, 0.15) is 47.7 Å².